The predicted octanol–water partition coefficient (Wildman–Crippen LogP) is 2.91. The van der Waals surface area contributed by atoms with E-state index in [2.05, 4.69) is 33.0 Å². The Kier molecular flexibility index (Phi) is 6.81. The summed E-state index contributed by atoms with van der Waals surface area (Å²) in [7, 11) is 0. The van der Waals surface area contributed by atoms with E-state index in [4.69, 9.17) is 0 Å². The average molecular weight is 199 g/mol. The highest BCUT2D eigenvalue weighted by Crippen LogP contribution is 2.03. The maximum Gasteiger partial charge on any atom is 0.134 e. The minimum absolute atomic E-state index is 0.129. The average Bonchev–Trinajstić information content (AvgIpc) is 2.02. The van der Waals surface area contributed by atoms with E-state index >= 15 is 0 Å². The zero-order chi connectivity index (χ0) is 11.0. The fraction of sp³-hybridized carbons (Fsp3) is 0.917. The summed E-state index contributed by atoms with van der Waals surface area (Å²) in [6.45, 7) is 9.33. The summed E-state index contributed by atoms with van der Waals surface area (Å²) in [5.41, 5.74) is 0.129. The van der Waals surface area contributed by atoms with Crippen molar-refractivity contribution in [3.8, 4) is 0 Å². The second-order valence-electron chi connectivity index (χ2n) is 4.92. The lowest BCUT2D eigenvalue weighted by molar-refractivity contribution is -0.119. The summed E-state index contributed by atoms with van der Waals surface area (Å²) < 4.78 is 0. The summed E-state index contributed by atoms with van der Waals surface area (Å²) >= 11 is 0. The predicted molar refractivity (Wildman–Crippen MR) is 61.5 cm³/mol. The molecule has 1 N–H and O–H groups in total. The van der Waals surface area contributed by atoms with Crippen molar-refractivity contribution in [2.24, 2.45) is 0 Å². The van der Waals surface area contributed by atoms with Gasteiger partial charge in [-0.05, 0) is 27.2 Å². The van der Waals surface area contributed by atoms with Crippen molar-refractivity contribution in [3.63, 3.8) is 0 Å². The van der Waals surface area contributed by atoms with Crippen molar-refractivity contribution >= 4 is 5.78 Å². The van der Waals surface area contributed by atoms with Crippen LogP contribution in [0.2, 0.25) is 0 Å². The Morgan fingerprint density at radius 3 is 2.29 bits per heavy atom. The van der Waals surface area contributed by atoms with Gasteiger partial charge in [0.25, 0.3) is 0 Å². The standard InChI is InChI=1S/C12H25NO/c1-5-6-7-8-11(14)9-10-13-12(2,3)4/h13H,5-10H2,1-4H3. The molecule has 0 fully saturated rings. The SMILES string of the molecule is CCCCCC(=O)CCNC(C)(C)C. The van der Waals surface area contributed by atoms with Gasteiger partial charge in [-0.2, -0.15) is 0 Å². The molecular weight excluding hydrogens is 174 g/mol. The monoisotopic (exact) mass is 199 g/mol. The first-order valence-corrected chi connectivity index (χ1v) is 5.72. The van der Waals surface area contributed by atoms with Gasteiger partial charge >= 0.3 is 0 Å². The van der Waals surface area contributed by atoms with Gasteiger partial charge in [0, 0.05) is 24.9 Å². The van der Waals surface area contributed by atoms with E-state index in [-0.39, 0.29) is 5.54 Å². The lowest BCUT2D eigenvalue weighted by Gasteiger charge is -2.20. The molecule has 0 saturated carbocycles. The van der Waals surface area contributed by atoms with Crippen LogP contribution in [0.15, 0.2) is 0 Å². The molecule has 14 heavy (non-hydrogen) atoms. The molecule has 0 rings (SSSR count). The van der Waals surface area contributed by atoms with Gasteiger partial charge < -0.3 is 5.32 Å². The van der Waals surface area contributed by atoms with Crippen LogP contribution >= 0.6 is 0 Å². The van der Waals surface area contributed by atoms with E-state index in [1.54, 1.807) is 0 Å². The molecule has 0 radical (unpaired) electrons. The molecular formula is C12H25NO. The minimum atomic E-state index is 0.129. The van der Waals surface area contributed by atoms with Gasteiger partial charge in [-0.1, -0.05) is 19.8 Å². The Bertz CT molecular complexity index is 158. The fourth-order valence-electron chi connectivity index (χ4n) is 1.27. The molecule has 0 saturated heterocycles. The molecule has 0 aliphatic carbocycles. The van der Waals surface area contributed by atoms with Gasteiger partial charge in [-0.25, -0.2) is 0 Å². The van der Waals surface area contributed by atoms with Gasteiger partial charge in [-0.3, -0.25) is 4.79 Å². The number of hydrogen-bond donors (Lipinski definition) is 1. The topological polar surface area (TPSA) is 29.1 Å². The maximum atomic E-state index is 11.4. The summed E-state index contributed by atoms with van der Waals surface area (Å²) in [6.07, 6.45) is 4.87. The first-order valence-electron chi connectivity index (χ1n) is 5.72. The third-order valence-electron chi connectivity index (χ3n) is 2.12. The van der Waals surface area contributed by atoms with E-state index in [1.165, 1.54) is 12.8 Å². The highest BCUT2D eigenvalue weighted by atomic mass is 16.1. The normalized spacial score (nSPS) is 11.7. The van der Waals surface area contributed by atoms with Gasteiger partial charge in [-0.15, -0.1) is 0 Å². The summed E-state index contributed by atoms with van der Waals surface area (Å²) in [5, 5.41) is 3.32. The molecule has 0 aromatic carbocycles. The molecule has 2 nitrogen and oxygen atoms in total. The Morgan fingerprint density at radius 2 is 1.79 bits per heavy atom. The van der Waals surface area contributed by atoms with Gasteiger partial charge in [0.05, 0.1) is 0 Å². The highest BCUT2D eigenvalue weighted by Gasteiger charge is 2.09. The number of unbranched alkanes of at least 4 members (excludes halogenated alkanes) is 2. The van der Waals surface area contributed by atoms with Gasteiger partial charge in [0.1, 0.15) is 5.78 Å². The summed E-state index contributed by atoms with van der Waals surface area (Å²) in [6, 6.07) is 0. The lowest BCUT2D eigenvalue weighted by Crippen LogP contribution is -2.37. The third-order valence-corrected chi connectivity index (χ3v) is 2.12. The van der Waals surface area contributed by atoms with Crippen LogP contribution < -0.4 is 5.32 Å². The smallest absolute Gasteiger partial charge is 0.134 e. The van der Waals surface area contributed by atoms with Crippen LogP contribution in [0.1, 0.15) is 59.8 Å². The Morgan fingerprint density at radius 1 is 1.14 bits per heavy atom. The van der Waals surface area contributed by atoms with Gasteiger partial charge in [0.15, 0.2) is 0 Å². The number of carbonyl (C=O) groups is 1. The van der Waals surface area contributed by atoms with Crippen molar-refractivity contribution in [1.82, 2.24) is 5.32 Å². The van der Waals surface area contributed by atoms with Crippen LogP contribution in [0.25, 0.3) is 0 Å². The van der Waals surface area contributed by atoms with Crippen LogP contribution in [0.5, 0.6) is 0 Å². The highest BCUT2D eigenvalue weighted by molar-refractivity contribution is 5.78. The van der Waals surface area contributed by atoms with Crippen molar-refractivity contribution in [2.75, 3.05) is 6.54 Å². The van der Waals surface area contributed by atoms with Crippen LogP contribution in [-0.2, 0) is 4.79 Å². The molecule has 84 valence electrons. The van der Waals surface area contributed by atoms with Crippen LogP contribution in [-0.4, -0.2) is 17.9 Å². The minimum Gasteiger partial charge on any atom is -0.312 e. The Labute approximate surface area is 88.5 Å². The van der Waals surface area contributed by atoms with Crippen molar-refractivity contribution in [1.29, 1.82) is 0 Å². The molecule has 0 unspecified atom stereocenters. The van der Waals surface area contributed by atoms with E-state index in [0.717, 1.165) is 19.4 Å². The number of ketones is 1. The molecule has 0 heterocycles. The first kappa shape index (κ1) is 13.6. The zero-order valence-corrected chi connectivity index (χ0v) is 10.2. The molecule has 0 amide bonds. The molecule has 0 aliphatic rings. The van der Waals surface area contributed by atoms with E-state index < -0.39 is 0 Å². The molecule has 0 aliphatic heterocycles. The fourth-order valence-corrected chi connectivity index (χ4v) is 1.27. The number of rotatable bonds is 7. The first-order chi connectivity index (χ1) is 6.45. The van der Waals surface area contributed by atoms with Crippen LogP contribution in [0.3, 0.4) is 0 Å². The molecule has 0 atom stereocenters. The third kappa shape index (κ3) is 9.72. The van der Waals surface area contributed by atoms with Crippen LogP contribution in [0.4, 0.5) is 0 Å². The second kappa shape index (κ2) is 6.99. The van der Waals surface area contributed by atoms with Crippen LogP contribution in [0, 0.1) is 0 Å². The molecule has 0 aromatic heterocycles. The molecule has 0 spiro atoms. The quantitative estimate of drug-likeness (QED) is 0.639. The summed E-state index contributed by atoms with van der Waals surface area (Å²) in [4.78, 5) is 11.4. The number of hydrogen-bond acceptors (Lipinski definition) is 2. The zero-order valence-electron chi connectivity index (χ0n) is 10.2. The lowest BCUT2D eigenvalue weighted by atomic mass is 10.1. The number of nitrogens with one attached hydrogen (secondary N) is 1. The maximum absolute atomic E-state index is 11.4. The number of Topliss-reactive ketones (excluding diaryl/α,β-unsaturated/α-hetero) is 1. The van der Waals surface area contributed by atoms with Gasteiger partial charge in [0.2, 0.25) is 0 Å². The molecule has 2 heteroatoms. The van der Waals surface area contributed by atoms with Crippen molar-refractivity contribution < 1.29 is 4.79 Å². The Balaban J connectivity index is 3.36. The second-order valence-corrected chi connectivity index (χ2v) is 4.92. The molecule has 0 aromatic rings. The van der Waals surface area contributed by atoms with E-state index in [1.807, 2.05) is 0 Å². The number of carbonyl (C=O) groups excluding carboxylic acids is 1. The summed E-state index contributed by atoms with van der Waals surface area (Å²) in [5.74, 6) is 0.398. The molecule has 0 bridgehead atoms. The van der Waals surface area contributed by atoms with Crippen molar-refractivity contribution in [3.05, 3.63) is 0 Å². The van der Waals surface area contributed by atoms with E-state index in [9.17, 15) is 4.79 Å². The largest absolute Gasteiger partial charge is 0.312 e. The van der Waals surface area contributed by atoms with Crippen molar-refractivity contribution in [2.45, 2.75) is 65.3 Å². The van der Waals surface area contributed by atoms with E-state index in [0.29, 0.717) is 12.2 Å². The Hall–Kier alpha value is -0.370.